The van der Waals surface area contributed by atoms with Crippen LogP contribution in [0.3, 0.4) is 0 Å². The Morgan fingerprint density at radius 1 is 1.41 bits per heavy atom. The van der Waals surface area contributed by atoms with E-state index in [4.69, 9.17) is 10.7 Å². The van der Waals surface area contributed by atoms with Crippen molar-refractivity contribution in [1.29, 1.82) is 0 Å². The molecule has 1 heterocycles. The standard InChI is InChI=1S/C6HClF4INO3S/c7-17(14,15)4-3(8)2(1-13-5(4)12)16-6(9,10)11/h1H. The summed E-state index contributed by atoms with van der Waals surface area (Å²) in [6.07, 6.45) is -4.75. The van der Waals surface area contributed by atoms with Gasteiger partial charge in [0.1, 0.15) is 3.70 Å². The van der Waals surface area contributed by atoms with Crippen LogP contribution in [0, 0.1) is 9.52 Å². The second-order valence-corrected chi connectivity index (χ2v) is 6.07. The summed E-state index contributed by atoms with van der Waals surface area (Å²) in [4.78, 5) is 2.10. The van der Waals surface area contributed by atoms with Crippen LogP contribution in [0.25, 0.3) is 0 Å². The van der Waals surface area contributed by atoms with E-state index in [1.807, 2.05) is 0 Å². The normalized spacial score (nSPS) is 12.6. The number of ether oxygens (including phenoxy) is 1. The number of rotatable bonds is 2. The fourth-order valence-electron chi connectivity index (χ4n) is 0.837. The van der Waals surface area contributed by atoms with Gasteiger partial charge in [0.05, 0.1) is 6.20 Å². The topological polar surface area (TPSA) is 56.3 Å². The van der Waals surface area contributed by atoms with Gasteiger partial charge < -0.3 is 4.74 Å². The van der Waals surface area contributed by atoms with Gasteiger partial charge in [-0.2, -0.15) is 0 Å². The molecule has 0 aliphatic heterocycles. The average molecular weight is 405 g/mol. The Morgan fingerprint density at radius 2 is 1.94 bits per heavy atom. The third kappa shape index (κ3) is 3.81. The first-order valence-electron chi connectivity index (χ1n) is 3.57. The Kier molecular flexibility index (Phi) is 4.08. The van der Waals surface area contributed by atoms with E-state index in [1.165, 1.54) is 22.6 Å². The average Bonchev–Trinajstić information content (AvgIpc) is 2.06. The van der Waals surface area contributed by atoms with Crippen molar-refractivity contribution in [3.05, 3.63) is 15.7 Å². The molecule has 17 heavy (non-hydrogen) atoms. The Hall–Kier alpha value is -0.360. The zero-order valence-corrected chi connectivity index (χ0v) is 11.2. The molecule has 0 saturated carbocycles. The van der Waals surface area contributed by atoms with Crippen molar-refractivity contribution in [3.63, 3.8) is 0 Å². The van der Waals surface area contributed by atoms with E-state index in [0.717, 1.165) is 0 Å². The van der Waals surface area contributed by atoms with Crippen molar-refractivity contribution in [1.82, 2.24) is 4.98 Å². The number of halogens is 6. The van der Waals surface area contributed by atoms with Gasteiger partial charge in [0.15, 0.2) is 16.5 Å². The smallest absolute Gasteiger partial charge is 0.401 e. The summed E-state index contributed by atoms with van der Waals surface area (Å²) in [5.74, 6) is -3.10. The van der Waals surface area contributed by atoms with Crippen molar-refractivity contribution in [2.45, 2.75) is 11.3 Å². The Bertz CT molecular complexity index is 547. The van der Waals surface area contributed by atoms with E-state index in [-0.39, 0.29) is 0 Å². The quantitative estimate of drug-likeness (QED) is 0.329. The summed E-state index contributed by atoms with van der Waals surface area (Å²) in [7, 11) is 0.301. The predicted molar refractivity (Wildman–Crippen MR) is 56.6 cm³/mol. The van der Waals surface area contributed by atoms with Crippen molar-refractivity contribution in [3.8, 4) is 5.75 Å². The molecule has 0 aliphatic carbocycles. The lowest BCUT2D eigenvalue weighted by molar-refractivity contribution is -0.275. The number of nitrogens with zero attached hydrogens (tertiary/aromatic N) is 1. The molecular weight excluding hydrogens is 404 g/mol. The lowest BCUT2D eigenvalue weighted by Gasteiger charge is -2.11. The summed E-state index contributed by atoms with van der Waals surface area (Å²) in [6, 6.07) is 0. The van der Waals surface area contributed by atoms with Crippen molar-refractivity contribution in [2.75, 3.05) is 0 Å². The largest absolute Gasteiger partial charge is 0.573 e. The monoisotopic (exact) mass is 405 g/mol. The second-order valence-electron chi connectivity index (χ2n) is 2.54. The third-order valence-electron chi connectivity index (χ3n) is 1.37. The number of pyridine rings is 1. The first kappa shape index (κ1) is 14.7. The molecule has 0 aromatic carbocycles. The van der Waals surface area contributed by atoms with Gasteiger partial charge >= 0.3 is 6.36 Å². The van der Waals surface area contributed by atoms with E-state index in [2.05, 4.69) is 9.72 Å². The summed E-state index contributed by atoms with van der Waals surface area (Å²) < 4.78 is 73.7. The van der Waals surface area contributed by atoms with Crippen molar-refractivity contribution in [2.24, 2.45) is 0 Å². The number of aromatic nitrogens is 1. The van der Waals surface area contributed by atoms with Crippen LogP contribution >= 0.6 is 33.3 Å². The SMILES string of the molecule is O=S(=O)(Cl)c1c(I)ncc(OC(F)(F)F)c1F. The highest BCUT2D eigenvalue weighted by molar-refractivity contribution is 14.1. The van der Waals surface area contributed by atoms with Gasteiger partial charge in [-0.05, 0) is 22.6 Å². The van der Waals surface area contributed by atoms with E-state index in [9.17, 15) is 26.0 Å². The van der Waals surface area contributed by atoms with Crippen LogP contribution in [0.1, 0.15) is 0 Å². The maximum Gasteiger partial charge on any atom is 0.573 e. The number of hydrogen-bond acceptors (Lipinski definition) is 4. The van der Waals surface area contributed by atoms with E-state index in [1.54, 1.807) is 0 Å². The summed E-state index contributed by atoms with van der Waals surface area (Å²) in [5.41, 5.74) is 0. The number of alkyl halides is 3. The van der Waals surface area contributed by atoms with Gasteiger partial charge in [-0.15, -0.1) is 13.2 Å². The Morgan fingerprint density at radius 3 is 2.35 bits per heavy atom. The molecule has 0 aliphatic rings. The molecule has 1 rings (SSSR count). The van der Waals surface area contributed by atoms with E-state index >= 15 is 0 Å². The maximum atomic E-state index is 13.4. The molecule has 0 saturated heterocycles. The summed E-state index contributed by atoms with van der Waals surface area (Å²) >= 11 is 1.31. The Labute approximate surface area is 110 Å². The van der Waals surface area contributed by atoms with Gasteiger partial charge in [-0.3, -0.25) is 0 Å². The molecule has 0 unspecified atom stereocenters. The molecule has 0 radical (unpaired) electrons. The Balaban J connectivity index is 3.40. The summed E-state index contributed by atoms with van der Waals surface area (Å²) in [5, 5.41) is 0. The van der Waals surface area contributed by atoms with Crippen LogP contribution in [0.4, 0.5) is 17.6 Å². The molecule has 0 spiro atoms. The molecule has 11 heteroatoms. The summed E-state index contributed by atoms with van der Waals surface area (Å²) in [6.45, 7) is 0. The fourth-order valence-corrected chi connectivity index (χ4v) is 3.46. The van der Waals surface area contributed by atoms with Gasteiger partial charge in [-0.25, -0.2) is 17.8 Å². The molecule has 1 aromatic heterocycles. The first-order valence-corrected chi connectivity index (χ1v) is 6.95. The van der Waals surface area contributed by atoms with Crippen LogP contribution in [-0.4, -0.2) is 19.8 Å². The fraction of sp³-hybridized carbons (Fsp3) is 0.167. The molecule has 0 atom stereocenters. The third-order valence-corrected chi connectivity index (χ3v) is 3.87. The lowest BCUT2D eigenvalue weighted by Crippen LogP contribution is -2.19. The number of hydrogen-bond donors (Lipinski definition) is 0. The molecular formula is C6HClF4INO3S. The molecule has 0 N–H and O–H groups in total. The van der Waals surface area contributed by atoms with Crippen molar-refractivity contribution < 1.29 is 30.7 Å². The van der Waals surface area contributed by atoms with Crippen LogP contribution < -0.4 is 4.74 Å². The minimum Gasteiger partial charge on any atom is -0.401 e. The molecule has 4 nitrogen and oxygen atoms in total. The molecule has 0 bridgehead atoms. The van der Waals surface area contributed by atoms with E-state index in [0.29, 0.717) is 6.20 Å². The zero-order chi connectivity index (χ0) is 13.4. The van der Waals surface area contributed by atoms with Crippen LogP contribution in [0.2, 0.25) is 0 Å². The highest BCUT2D eigenvalue weighted by Crippen LogP contribution is 2.32. The minimum absolute atomic E-state index is 0.398. The highest BCUT2D eigenvalue weighted by atomic mass is 127. The maximum absolute atomic E-state index is 13.4. The van der Waals surface area contributed by atoms with Gasteiger partial charge in [-0.1, -0.05) is 0 Å². The van der Waals surface area contributed by atoms with E-state index < -0.39 is 35.6 Å². The highest BCUT2D eigenvalue weighted by Gasteiger charge is 2.35. The molecule has 96 valence electrons. The molecule has 0 fully saturated rings. The van der Waals surface area contributed by atoms with Gasteiger partial charge in [0.2, 0.25) is 0 Å². The lowest BCUT2D eigenvalue weighted by atomic mass is 10.4. The molecule has 1 aromatic rings. The van der Waals surface area contributed by atoms with Gasteiger partial charge in [0, 0.05) is 10.7 Å². The first-order chi connectivity index (χ1) is 7.52. The second kappa shape index (κ2) is 4.72. The van der Waals surface area contributed by atoms with Crippen LogP contribution in [0.5, 0.6) is 5.75 Å². The minimum atomic E-state index is -5.16. The molecule has 0 amide bonds. The van der Waals surface area contributed by atoms with Gasteiger partial charge in [0.25, 0.3) is 9.05 Å². The van der Waals surface area contributed by atoms with Crippen molar-refractivity contribution >= 4 is 42.3 Å². The predicted octanol–water partition coefficient (Wildman–Crippen LogP) is 2.65. The zero-order valence-electron chi connectivity index (χ0n) is 7.43. The van der Waals surface area contributed by atoms with Crippen LogP contribution in [-0.2, 0) is 9.05 Å². The van der Waals surface area contributed by atoms with Crippen LogP contribution in [0.15, 0.2) is 11.1 Å².